The third-order valence-corrected chi connectivity index (χ3v) is 2.55. The molecule has 0 radical (unpaired) electrons. The third-order valence-electron chi connectivity index (χ3n) is 2.35. The molecule has 0 saturated heterocycles. The lowest BCUT2D eigenvalue weighted by molar-refractivity contribution is 0.266. The topological polar surface area (TPSA) is 53.1 Å². The molecule has 16 heavy (non-hydrogen) atoms. The molecule has 0 atom stereocenters. The van der Waals surface area contributed by atoms with Crippen LogP contribution in [-0.2, 0) is 7.05 Å². The number of hydrogen-bond donors (Lipinski definition) is 1. The molecule has 2 N–H and O–H groups in total. The van der Waals surface area contributed by atoms with Crippen LogP contribution >= 0.6 is 12.2 Å². The second-order valence-corrected chi connectivity index (χ2v) is 4.72. The van der Waals surface area contributed by atoms with Gasteiger partial charge in [-0.2, -0.15) is 5.10 Å². The molecule has 0 aromatic carbocycles. The molecular formula is C11H19N3OS. The second kappa shape index (κ2) is 5.30. The van der Waals surface area contributed by atoms with Gasteiger partial charge >= 0.3 is 0 Å². The van der Waals surface area contributed by atoms with Crippen LogP contribution < -0.4 is 10.5 Å². The molecule has 0 saturated carbocycles. The number of aryl methyl sites for hydroxylation is 2. The highest BCUT2D eigenvalue weighted by Gasteiger charge is 2.16. The Hall–Kier alpha value is -1.10. The molecule has 90 valence electrons. The maximum absolute atomic E-state index is 5.69. The molecule has 5 heteroatoms. The van der Waals surface area contributed by atoms with Crippen LogP contribution in [0.2, 0.25) is 0 Å². The van der Waals surface area contributed by atoms with E-state index < -0.39 is 0 Å². The lowest BCUT2D eigenvalue weighted by atomic mass is 10.1. The third kappa shape index (κ3) is 2.95. The van der Waals surface area contributed by atoms with Crippen LogP contribution in [0, 0.1) is 12.8 Å². The molecule has 0 amide bonds. The van der Waals surface area contributed by atoms with Gasteiger partial charge in [-0.25, -0.2) is 4.68 Å². The van der Waals surface area contributed by atoms with Gasteiger partial charge in [-0.05, 0) is 19.3 Å². The zero-order valence-corrected chi connectivity index (χ0v) is 11.1. The largest absolute Gasteiger partial charge is 0.477 e. The minimum Gasteiger partial charge on any atom is -0.477 e. The number of aromatic nitrogens is 2. The maximum Gasteiger partial charge on any atom is 0.222 e. The summed E-state index contributed by atoms with van der Waals surface area (Å²) in [5.74, 6) is 1.29. The van der Waals surface area contributed by atoms with Crippen LogP contribution in [0.4, 0.5) is 0 Å². The molecule has 1 heterocycles. The SMILES string of the molecule is Cc1nn(C)c(OCCC(C)C)c1C(N)=S. The Balaban J connectivity index is 2.82. The average molecular weight is 241 g/mol. The van der Waals surface area contributed by atoms with Crippen LogP contribution in [0.5, 0.6) is 5.88 Å². The minimum absolute atomic E-state index is 0.338. The van der Waals surface area contributed by atoms with Gasteiger partial charge in [0, 0.05) is 7.05 Å². The van der Waals surface area contributed by atoms with Crippen molar-refractivity contribution in [2.75, 3.05) is 6.61 Å². The number of nitrogens with two attached hydrogens (primary N) is 1. The molecule has 0 bridgehead atoms. The highest BCUT2D eigenvalue weighted by Crippen LogP contribution is 2.21. The summed E-state index contributed by atoms with van der Waals surface area (Å²) in [4.78, 5) is 0.338. The van der Waals surface area contributed by atoms with E-state index in [0.29, 0.717) is 23.4 Å². The first kappa shape index (κ1) is 13.0. The Morgan fingerprint density at radius 3 is 2.69 bits per heavy atom. The molecule has 1 aromatic rings. The summed E-state index contributed by atoms with van der Waals surface area (Å²) >= 11 is 5.00. The number of nitrogens with zero attached hydrogens (tertiary/aromatic N) is 2. The zero-order valence-electron chi connectivity index (χ0n) is 10.3. The monoisotopic (exact) mass is 241 g/mol. The van der Waals surface area contributed by atoms with Gasteiger partial charge < -0.3 is 10.5 Å². The Kier molecular flexibility index (Phi) is 4.29. The Morgan fingerprint density at radius 1 is 1.56 bits per heavy atom. The van der Waals surface area contributed by atoms with Crippen molar-refractivity contribution < 1.29 is 4.74 Å². The van der Waals surface area contributed by atoms with Crippen LogP contribution in [0.3, 0.4) is 0 Å². The summed E-state index contributed by atoms with van der Waals surface area (Å²) in [7, 11) is 1.83. The molecule has 4 nitrogen and oxygen atoms in total. The Morgan fingerprint density at radius 2 is 2.19 bits per heavy atom. The van der Waals surface area contributed by atoms with Crippen LogP contribution in [-0.4, -0.2) is 21.4 Å². The summed E-state index contributed by atoms with van der Waals surface area (Å²) in [6.45, 7) is 6.86. The fourth-order valence-corrected chi connectivity index (χ4v) is 1.71. The molecule has 0 spiro atoms. The van der Waals surface area contributed by atoms with E-state index in [9.17, 15) is 0 Å². The molecule has 0 unspecified atom stereocenters. The van der Waals surface area contributed by atoms with Gasteiger partial charge in [0.25, 0.3) is 0 Å². The number of ether oxygens (including phenoxy) is 1. The van der Waals surface area contributed by atoms with E-state index >= 15 is 0 Å². The first-order chi connectivity index (χ1) is 7.43. The average Bonchev–Trinajstić information content (AvgIpc) is 2.40. The summed E-state index contributed by atoms with van der Waals surface area (Å²) in [6.07, 6.45) is 1.00. The number of rotatable bonds is 5. The van der Waals surface area contributed by atoms with Gasteiger partial charge in [-0.15, -0.1) is 0 Å². The Labute approximate surface area is 102 Å². The van der Waals surface area contributed by atoms with Crippen LogP contribution in [0.25, 0.3) is 0 Å². The first-order valence-corrected chi connectivity index (χ1v) is 5.80. The summed E-state index contributed by atoms with van der Waals surface area (Å²) in [6, 6.07) is 0. The summed E-state index contributed by atoms with van der Waals surface area (Å²) in [5.41, 5.74) is 7.22. The zero-order chi connectivity index (χ0) is 12.3. The molecule has 0 fully saturated rings. The van der Waals surface area contributed by atoms with E-state index in [-0.39, 0.29) is 0 Å². The van der Waals surface area contributed by atoms with Crippen molar-refractivity contribution in [3.8, 4) is 5.88 Å². The van der Waals surface area contributed by atoms with Gasteiger partial charge in [0.05, 0.1) is 17.9 Å². The van der Waals surface area contributed by atoms with Crippen LogP contribution in [0.15, 0.2) is 0 Å². The molecule has 1 rings (SSSR count). The van der Waals surface area contributed by atoms with E-state index in [1.54, 1.807) is 4.68 Å². The van der Waals surface area contributed by atoms with Gasteiger partial charge in [-0.1, -0.05) is 26.1 Å². The predicted octanol–water partition coefficient (Wildman–Crippen LogP) is 1.79. The summed E-state index contributed by atoms with van der Waals surface area (Å²) < 4.78 is 7.38. The normalized spacial score (nSPS) is 10.8. The fraction of sp³-hybridized carbons (Fsp3) is 0.636. The maximum atomic E-state index is 5.69. The molecular weight excluding hydrogens is 222 g/mol. The number of thiocarbonyl (C=S) groups is 1. The van der Waals surface area contributed by atoms with Crippen LogP contribution in [0.1, 0.15) is 31.5 Å². The molecule has 0 aliphatic carbocycles. The van der Waals surface area contributed by atoms with E-state index in [1.807, 2.05) is 14.0 Å². The fourth-order valence-electron chi connectivity index (χ4n) is 1.48. The van der Waals surface area contributed by atoms with E-state index in [1.165, 1.54) is 0 Å². The van der Waals surface area contributed by atoms with Crippen molar-refractivity contribution in [1.82, 2.24) is 9.78 Å². The molecule has 1 aromatic heterocycles. The first-order valence-electron chi connectivity index (χ1n) is 5.39. The molecule has 0 aliphatic heterocycles. The second-order valence-electron chi connectivity index (χ2n) is 4.28. The minimum atomic E-state index is 0.338. The van der Waals surface area contributed by atoms with Crippen molar-refractivity contribution in [2.24, 2.45) is 18.7 Å². The smallest absolute Gasteiger partial charge is 0.222 e. The highest BCUT2D eigenvalue weighted by atomic mass is 32.1. The number of hydrogen-bond acceptors (Lipinski definition) is 3. The molecule has 0 aliphatic rings. The van der Waals surface area contributed by atoms with Crippen molar-refractivity contribution >= 4 is 17.2 Å². The van der Waals surface area contributed by atoms with Gasteiger partial charge in [0.1, 0.15) is 4.99 Å². The van der Waals surface area contributed by atoms with Gasteiger partial charge in [0.2, 0.25) is 5.88 Å². The van der Waals surface area contributed by atoms with Crippen molar-refractivity contribution in [3.63, 3.8) is 0 Å². The lowest BCUT2D eigenvalue weighted by Gasteiger charge is -2.09. The van der Waals surface area contributed by atoms with Gasteiger partial charge in [-0.3, -0.25) is 0 Å². The quantitative estimate of drug-likeness (QED) is 0.799. The van der Waals surface area contributed by atoms with Gasteiger partial charge in [0.15, 0.2) is 0 Å². The van der Waals surface area contributed by atoms with Crippen molar-refractivity contribution in [1.29, 1.82) is 0 Å². The van der Waals surface area contributed by atoms with E-state index in [2.05, 4.69) is 18.9 Å². The Bertz CT molecular complexity index is 385. The summed E-state index contributed by atoms with van der Waals surface area (Å²) in [5, 5.41) is 4.25. The van der Waals surface area contributed by atoms with E-state index in [0.717, 1.165) is 17.7 Å². The predicted molar refractivity (Wildman–Crippen MR) is 68.8 cm³/mol. The van der Waals surface area contributed by atoms with E-state index in [4.69, 9.17) is 22.7 Å². The van der Waals surface area contributed by atoms with Crippen molar-refractivity contribution in [3.05, 3.63) is 11.3 Å². The highest BCUT2D eigenvalue weighted by molar-refractivity contribution is 7.80. The lowest BCUT2D eigenvalue weighted by Crippen LogP contribution is -2.13. The standard InChI is InChI=1S/C11H19N3OS/c1-7(2)5-6-15-11-9(10(12)16)8(3)13-14(11)4/h7H,5-6H2,1-4H3,(H2,12,16). The van der Waals surface area contributed by atoms with Crippen molar-refractivity contribution in [2.45, 2.75) is 27.2 Å².